The molecule has 27 heavy (non-hydrogen) atoms. The maximum atomic E-state index is 5.57. The van der Waals surface area contributed by atoms with Crippen molar-refractivity contribution in [3.63, 3.8) is 0 Å². The molecule has 1 aliphatic carbocycles. The Bertz CT molecular complexity index is 606. The second-order valence-electron chi connectivity index (χ2n) is 8.25. The Morgan fingerprint density at radius 3 is 2.78 bits per heavy atom. The van der Waals surface area contributed by atoms with Crippen molar-refractivity contribution in [3.8, 4) is 0 Å². The molecule has 0 bridgehead atoms. The quantitative estimate of drug-likeness (QED) is 0.618. The average Bonchev–Trinajstić information content (AvgIpc) is 3.46. The first kappa shape index (κ1) is 19.2. The highest BCUT2D eigenvalue weighted by molar-refractivity contribution is 7.10. The zero-order chi connectivity index (χ0) is 18.5. The molecule has 5 nitrogen and oxygen atoms in total. The zero-order valence-electron chi connectivity index (χ0n) is 16.7. The van der Waals surface area contributed by atoms with Gasteiger partial charge in [-0.3, -0.25) is 9.89 Å². The highest BCUT2D eigenvalue weighted by atomic mass is 32.1. The molecule has 2 saturated heterocycles. The van der Waals surface area contributed by atoms with Crippen molar-refractivity contribution < 1.29 is 4.74 Å². The van der Waals surface area contributed by atoms with E-state index in [9.17, 15) is 0 Å². The van der Waals surface area contributed by atoms with E-state index in [4.69, 9.17) is 9.73 Å². The normalized spacial score (nSPS) is 24.6. The van der Waals surface area contributed by atoms with Crippen LogP contribution in [0.3, 0.4) is 0 Å². The van der Waals surface area contributed by atoms with Gasteiger partial charge in [0.1, 0.15) is 0 Å². The lowest BCUT2D eigenvalue weighted by Gasteiger charge is -2.33. The Hall–Kier alpha value is -1.11. The van der Waals surface area contributed by atoms with Gasteiger partial charge in [0.15, 0.2) is 5.96 Å². The number of likely N-dealkylation sites (tertiary alicyclic amines) is 1. The summed E-state index contributed by atoms with van der Waals surface area (Å²) in [6.45, 7) is 9.96. The molecule has 0 amide bonds. The van der Waals surface area contributed by atoms with Gasteiger partial charge in [-0.25, -0.2) is 0 Å². The van der Waals surface area contributed by atoms with Gasteiger partial charge in [-0.1, -0.05) is 18.9 Å². The molecule has 3 heterocycles. The smallest absolute Gasteiger partial charge is 0.194 e. The van der Waals surface area contributed by atoms with E-state index in [0.29, 0.717) is 11.5 Å². The zero-order valence-corrected chi connectivity index (χ0v) is 17.5. The van der Waals surface area contributed by atoms with Gasteiger partial charge in [-0.05, 0) is 43.0 Å². The van der Waals surface area contributed by atoms with E-state index in [1.807, 2.05) is 11.3 Å². The highest BCUT2D eigenvalue weighted by Gasteiger charge is 2.41. The van der Waals surface area contributed by atoms with Gasteiger partial charge in [0.25, 0.3) is 0 Å². The number of hydrogen-bond acceptors (Lipinski definition) is 4. The number of nitrogens with zero attached hydrogens (tertiary/aromatic N) is 3. The third-order valence-electron chi connectivity index (χ3n) is 6.51. The molecule has 1 aromatic heterocycles. The van der Waals surface area contributed by atoms with E-state index in [1.54, 1.807) is 0 Å². The molecule has 0 radical (unpaired) electrons. The van der Waals surface area contributed by atoms with Crippen LogP contribution in [0, 0.1) is 5.41 Å². The second-order valence-corrected chi connectivity index (χ2v) is 9.23. The summed E-state index contributed by atoms with van der Waals surface area (Å²) in [5, 5.41) is 5.75. The van der Waals surface area contributed by atoms with E-state index < -0.39 is 0 Å². The molecule has 3 fully saturated rings. The first-order chi connectivity index (χ1) is 13.3. The van der Waals surface area contributed by atoms with E-state index in [-0.39, 0.29) is 0 Å². The molecular formula is C21H34N4OS. The minimum Gasteiger partial charge on any atom is -0.379 e. The molecular weight excluding hydrogens is 356 g/mol. The first-order valence-corrected chi connectivity index (χ1v) is 11.6. The Morgan fingerprint density at radius 2 is 2.07 bits per heavy atom. The highest BCUT2D eigenvalue weighted by Crippen LogP contribution is 2.45. The van der Waals surface area contributed by atoms with E-state index in [0.717, 1.165) is 51.9 Å². The largest absolute Gasteiger partial charge is 0.379 e. The topological polar surface area (TPSA) is 40.1 Å². The molecule has 1 spiro atoms. The lowest BCUT2D eigenvalue weighted by Crippen LogP contribution is -2.43. The summed E-state index contributed by atoms with van der Waals surface area (Å²) < 4.78 is 5.57. The Kier molecular flexibility index (Phi) is 6.35. The second kappa shape index (κ2) is 8.93. The molecule has 4 rings (SSSR count). The predicted molar refractivity (Wildman–Crippen MR) is 113 cm³/mol. The van der Waals surface area contributed by atoms with Crippen LogP contribution in [-0.2, 0) is 4.74 Å². The maximum absolute atomic E-state index is 5.57. The van der Waals surface area contributed by atoms with Crippen molar-refractivity contribution in [2.24, 2.45) is 10.4 Å². The third-order valence-corrected chi connectivity index (χ3v) is 7.48. The number of guanidine groups is 1. The standard InChI is InChI=1S/C21H34N4OS/c1-2-22-20(25-10-9-21(17-25)7-3-4-8-21)23-16-18(19-6-5-15-27-19)24-11-13-26-14-12-24/h5-6,15,18H,2-4,7-14,16-17H2,1H3,(H,22,23). The number of aliphatic imine (C=N–C) groups is 1. The van der Waals surface area contributed by atoms with Crippen molar-refractivity contribution >= 4 is 17.3 Å². The van der Waals surface area contributed by atoms with Gasteiger partial charge in [-0.15, -0.1) is 11.3 Å². The fourth-order valence-electron chi connectivity index (χ4n) is 5.00. The van der Waals surface area contributed by atoms with Crippen molar-refractivity contribution in [1.29, 1.82) is 0 Å². The van der Waals surface area contributed by atoms with Crippen LogP contribution < -0.4 is 5.32 Å². The molecule has 2 aliphatic heterocycles. The molecule has 1 N–H and O–H groups in total. The average molecular weight is 391 g/mol. The van der Waals surface area contributed by atoms with Gasteiger partial charge in [0.05, 0.1) is 25.8 Å². The van der Waals surface area contributed by atoms with Gasteiger partial charge in [0.2, 0.25) is 0 Å². The minimum atomic E-state index is 0.366. The summed E-state index contributed by atoms with van der Waals surface area (Å²) in [5.74, 6) is 1.12. The van der Waals surface area contributed by atoms with E-state index in [2.05, 4.69) is 39.6 Å². The van der Waals surface area contributed by atoms with Crippen LogP contribution >= 0.6 is 11.3 Å². The molecule has 3 aliphatic rings. The van der Waals surface area contributed by atoms with Crippen LogP contribution in [0.2, 0.25) is 0 Å². The van der Waals surface area contributed by atoms with Gasteiger partial charge in [-0.2, -0.15) is 0 Å². The Balaban J connectivity index is 1.47. The predicted octanol–water partition coefficient (Wildman–Crippen LogP) is 3.35. The van der Waals surface area contributed by atoms with Crippen LogP contribution in [-0.4, -0.2) is 68.2 Å². The van der Waals surface area contributed by atoms with Crippen LogP contribution in [0.4, 0.5) is 0 Å². The van der Waals surface area contributed by atoms with Crippen LogP contribution in [0.15, 0.2) is 22.5 Å². The third kappa shape index (κ3) is 4.49. The fourth-order valence-corrected chi connectivity index (χ4v) is 5.86. The monoisotopic (exact) mass is 390 g/mol. The minimum absolute atomic E-state index is 0.366. The van der Waals surface area contributed by atoms with Crippen LogP contribution in [0.25, 0.3) is 0 Å². The molecule has 1 unspecified atom stereocenters. The number of thiophene rings is 1. The lowest BCUT2D eigenvalue weighted by molar-refractivity contribution is 0.0186. The number of rotatable bonds is 5. The fraction of sp³-hybridized carbons (Fsp3) is 0.762. The molecule has 6 heteroatoms. The van der Waals surface area contributed by atoms with Crippen LogP contribution in [0.5, 0.6) is 0 Å². The molecule has 0 aromatic carbocycles. The summed E-state index contributed by atoms with van der Waals surface area (Å²) in [4.78, 5) is 11.6. The van der Waals surface area contributed by atoms with Crippen LogP contribution in [0.1, 0.15) is 49.9 Å². The summed E-state index contributed by atoms with van der Waals surface area (Å²) in [6, 6.07) is 4.79. The molecule has 1 atom stereocenters. The lowest BCUT2D eigenvalue weighted by atomic mass is 9.86. The SMILES string of the molecule is CCNC(=NCC(c1cccs1)N1CCOCC1)N1CCC2(CCCC2)C1. The van der Waals surface area contributed by atoms with Crippen molar-refractivity contribution in [2.75, 3.05) is 52.5 Å². The van der Waals surface area contributed by atoms with Crippen molar-refractivity contribution in [2.45, 2.75) is 45.1 Å². The van der Waals surface area contributed by atoms with Gasteiger partial charge >= 0.3 is 0 Å². The van der Waals surface area contributed by atoms with Crippen molar-refractivity contribution in [3.05, 3.63) is 22.4 Å². The number of ether oxygens (including phenoxy) is 1. The summed E-state index contributed by atoms with van der Waals surface area (Å²) >= 11 is 1.85. The summed E-state index contributed by atoms with van der Waals surface area (Å²) in [7, 11) is 0. The summed E-state index contributed by atoms with van der Waals surface area (Å²) in [5.41, 5.74) is 0.577. The number of nitrogens with one attached hydrogen (secondary N) is 1. The van der Waals surface area contributed by atoms with E-state index >= 15 is 0 Å². The first-order valence-electron chi connectivity index (χ1n) is 10.7. The maximum Gasteiger partial charge on any atom is 0.194 e. The molecule has 150 valence electrons. The number of hydrogen-bond donors (Lipinski definition) is 1. The molecule has 1 aromatic rings. The Labute approximate surface area is 167 Å². The van der Waals surface area contributed by atoms with Gasteiger partial charge < -0.3 is 15.0 Å². The summed E-state index contributed by atoms with van der Waals surface area (Å²) in [6.07, 6.45) is 7.00. The molecule has 1 saturated carbocycles. The van der Waals surface area contributed by atoms with Gasteiger partial charge in [0, 0.05) is 37.6 Å². The Morgan fingerprint density at radius 1 is 1.26 bits per heavy atom. The number of morpholine rings is 1. The van der Waals surface area contributed by atoms with Crippen molar-refractivity contribution in [1.82, 2.24) is 15.1 Å². The van der Waals surface area contributed by atoms with E-state index in [1.165, 1.54) is 43.5 Å².